The Labute approximate surface area is 310 Å². The van der Waals surface area contributed by atoms with E-state index in [9.17, 15) is 0 Å². The lowest BCUT2D eigenvalue weighted by atomic mass is 9.27. The van der Waals surface area contributed by atoms with E-state index in [4.69, 9.17) is 0 Å². The first-order valence-corrected chi connectivity index (χ1v) is 20.4. The van der Waals surface area contributed by atoms with Gasteiger partial charge < -0.3 is 4.90 Å². The predicted molar refractivity (Wildman–Crippen MR) is 215 cm³/mol. The zero-order chi connectivity index (χ0) is 35.2. The molecule has 2 bridgehead atoms. The second-order valence-corrected chi connectivity index (χ2v) is 20.0. The highest BCUT2D eigenvalue weighted by molar-refractivity contribution is 5.91. The van der Waals surface area contributed by atoms with E-state index < -0.39 is 0 Å². The minimum absolute atomic E-state index is 0.0598. The number of fused-ring (bicyclic) bond motifs is 12. The second-order valence-electron chi connectivity index (χ2n) is 20.0. The highest BCUT2D eigenvalue weighted by Gasteiger charge is 2.84. The number of hydrogen-bond donors (Lipinski definition) is 0. The molecule has 52 heavy (non-hydrogen) atoms. The van der Waals surface area contributed by atoms with E-state index in [2.05, 4.69) is 150 Å². The first kappa shape index (κ1) is 30.4. The SMILES string of the molecule is CC1(C)CCC(C)(C)c2c(N(c3ccc4c(c3)-c3ccccc3C43C4CC5CC6CC3C64C5)c3ccc4c(c3)C(C)(C)c3ccccc3-4)cccc21. The highest BCUT2D eigenvalue weighted by atomic mass is 15.1. The van der Waals surface area contributed by atoms with Gasteiger partial charge >= 0.3 is 0 Å². The molecule has 4 fully saturated rings. The molecule has 0 heterocycles. The van der Waals surface area contributed by atoms with Crippen molar-refractivity contribution < 1.29 is 0 Å². The molecule has 2 spiro atoms. The molecule has 7 aliphatic rings. The third-order valence-corrected chi connectivity index (χ3v) is 16.8. The van der Waals surface area contributed by atoms with Crippen LogP contribution >= 0.6 is 0 Å². The van der Waals surface area contributed by atoms with Crippen LogP contribution in [0.25, 0.3) is 22.3 Å². The van der Waals surface area contributed by atoms with Gasteiger partial charge in [0.05, 0.1) is 5.69 Å². The lowest BCUT2D eigenvalue weighted by molar-refractivity contribution is -0.231. The van der Waals surface area contributed by atoms with Crippen molar-refractivity contribution in [1.82, 2.24) is 0 Å². The third-order valence-electron chi connectivity index (χ3n) is 16.8. The maximum absolute atomic E-state index is 2.66. The maximum atomic E-state index is 2.66. The molecular formula is C51H51N. The van der Waals surface area contributed by atoms with E-state index >= 15 is 0 Å². The first-order chi connectivity index (χ1) is 25.0. The predicted octanol–water partition coefficient (Wildman–Crippen LogP) is 13.1. The molecule has 260 valence electrons. The van der Waals surface area contributed by atoms with Crippen LogP contribution in [-0.4, -0.2) is 0 Å². The fourth-order valence-corrected chi connectivity index (χ4v) is 14.6. The molecule has 1 nitrogen and oxygen atoms in total. The number of anilines is 3. The van der Waals surface area contributed by atoms with Crippen molar-refractivity contribution in [3.63, 3.8) is 0 Å². The van der Waals surface area contributed by atoms with E-state index in [0.717, 1.165) is 23.7 Å². The quantitative estimate of drug-likeness (QED) is 0.184. The maximum Gasteiger partial charge on any atom is 0.0502 e. The topological polar surface area (TPSA) is 3.24 Å². The molecular weight excluding hydrogens is 627 g/mol. The molecule has 6 unspecified atom stereocenters. The van der Waals surface area contributed by atoms with E-state index in [-0.39, 0.29) is 21.7 Å². The fourth-order valence-electron chi connectivity index (χ4n) is 14.6. The van der Waals surface area contributed by atoms with Crippen molar-refractivity contribution in [2.24, 2.45) is 29.1 Å². The Kier molecular flexibility index (Phi) is 5.45. The van der Waals surface area contributed by atoms with Crippen LogP contribution in [-0.2, 0) is 21.7 Å². The molecule has 0 aliphatic heterocycles. The second kappa shape index (κ2) is 9.33. The van der Waals surface area contributed by atoms with Gasteiger partial charge in [-0.15, -0.1) is 0 Å². The normalized spacial score (nSPS) is 31.8. The van der Waals surface area contributed by atoms with Crippen molar-refractivity contribution in [2.75, 3.05) is 4.90 Å². The Morgan fingerprint density at radius 3 is 1.96 bits per heavy atom. The molecule has 4 saturated carbocycles. The zero-order valence-corrected chi connectivity index (χ0v) is 31.8. The van der Waals surface area contributed by atoms with E-state index in [1.54, 1.807) is 11.1 Å². The summed E-state index contributed by atoms with van der Waals surface area (Å²) < 4.78 is 0. The highest BCUT2D eigenvalue weighted by Crippen LogP contribution is 2.89. The third kappa shape index (κ3) is 3.28. The van der Waals surface area contributed by atoms with Gasteiger partial charge in [0, 0.05) is 22.2 Å². The minimum Gasteiger partial charge on any atom is -0.310 e. The smallest absolute Gasteiger partial charge is 0.0502 e. The van der Waals surface area contributed by atoms with Crippen LogP contribution in [0.4, 0.5) is 17.1 Å². The van der Waals surface area contributed by atoms with Crippen LogP contribution in [0.5, 0.6) is 0 Å². The molecule has 0 aromatic heterocycles. The summed E-state index contributed by atoms with van der Waals surface area (Å²) in [5.41, 5.74) is 19.9. The van der Waals surface area contributed by atoms with Gasteiger partial charge in [-0.1, -0.05) is 114 Å². The summed E-state index contributed by atoms with van der Waals surface area (Å²) in [6, 6.07) is 41.0. The van der Waals surface area contributed by atoms with Crippen LogP contribution < -0.4 is 4.90 Å². The summed E-state index contributed by atoms with van der Waals surface area (Å²) in [4.78, 5) is 2.66. The molecule has 1 heteroatoms. The molecule has 0 N–H and O–H groups in total. The molecule has 0 radical (unpaired) electrons. The van der Waals surface area contributed by atoms with Crippen molar-refractivity contribution >= 4 is 17.1 Å². The summed E-state index contributed by atoms with van der Waals surface area (Å²) in [6.45, 7) is 14.7. The van der Waals surface area contributed by atoms with Crippen molar-refractivity contribution in [3.8, 4) is 22.3 Å². The van der Waals surface area contributed by atoms with E-state index in [0.29, 0.717) is 5.41 Å². The van der Waals surface area contributed by atoms with Crippen molar-refractivity contribution in [1.29, 1.82) is 0 Å². The Morgan fingerprint density at radius 2 is 1.15 bits per heavy atom. The number of nitrogens with zero attached hydrogens (tertiary/aromatic N) is 1. The summed E-state index contributed by atoms with van der Waals surface area (Å²) in [5.74, 6) is 3.63. The molecule has 7 aliphatic carbocycles. The largest absolute Gasteiger partial charge is 0.310 e. The summed E-state index contributed by atoms with van der Waals surface area (Å²) >= 11 is 0. The zero-order valence-electron chi connectivity index (χ0n) is 31.8. The van der Waals surface area contributed by atoms with Gasteiger partial charge in [-0.05, 0) is 164 Å². The summed E-state index contributed by atoms with van der Waals surface area (Å²) in [7, 11) is 0. The first-order valence-electron chi connectivity index (χ1n) is 20.4. The Hall–Kier alpha value is -4.10. The van der Waals surface area contributed by atoms with E-state index in [1.165, 1.54) is 100 Å². The summed E-state index contributed by atoms with van der Waals surface area (Å²) in [6.07, 6.45) is 8.33. The molecule has 0 saturated heterocycles. The van der Waals surface area contributed by atoms with Gasteiger partial charge in [0.1, 0.15) is 0 Å². The monoisotopic (exact) mass is 677 g/mol. The lowest BCUT2D eigenvalue weighted by Crippen LogP contribution is -2.73. The van der Waals surface area contributed by atoms with Gasteiger partial charge in [0.2, 0.25) is 0 Å². The van der Waals surface area contributed by atoms with Gasteiger partial charge in [0.25, 0.3) is 0 Å². The van der Waals surface area contributed by atoms with Gasteiger partial charge in [-0.3, -0.25) is 0 Å². The van der Waals surface area contributed by atoms with Crippen LogP contribution in [0.2, 0.25) is 0 Å². The molecule has 12 rings (SSSR count). The van der Waals surface area contributed by atoms with Crippen molar-refractivity contribution in [3.05, 3.63) is 137 Å². The Balaban J connectivity index is 1.09. The van der Waals surface area contributed by atoms with Gasteiger partial charge in [-0.25, -0.2) is 0 Å². The van der Waals surface area contributed by atoms with E-state index in [1.807, 2.05) is 0 Å². The van der Waals surface area contributed by atoms with Crippen molar-refractivity contribution in [2.45, 2.75) is 102 Å². The molecule has 6 atom stereocenters. The number of hydrogen-bond acceptors (Lipinski definition) is 1. The standard InChI is InChI=1S/C51H51N/c1-47(2)22-23-48(3,4)46-41(47)16-11-17-43(46)52(33-18-20-36-34-12-7-9-14-38(34)49(5,6)42(36)28-33)32-19-21-40-37(27-32)35-13-8-10-15-39(35)51(40)44-25-30-24-31-26-45(51)50(31,44)29-30/h7-21,27-28,30-31,44-45H,22-26,29H2,1-6H3. The van der Waals surface area contributed by atoms with Crippen LogP contribution in [0, 0.1) is 29.1 Å². The minimum atomic E-state index is -0.0598. The van der Waals surface area contributed by atoms with Crippen LogP contribution in [0.15, 0.2) is 103 Å². The molecule has 0 amide bonds. The average Bonchev–Trinajstić information content (AvgIpc) is 3.82. The Morgan fingerprint density at radius 1 is 0.519 bits per heavy atom. The molecule has 5 aromatic rings. The summed E-state index contributed by atoms with van der Waals surface area (Å²) in [5, 5.41) is 0. The van der Waals surface area contributed by atoms with Crippen LogP contribution in [0.3, 0.4) is 0 Å². The fraction of sp³-hybridized carbons (Fsp3) is 0.412. The molecule has 5 aromatic carbocycles. The Bertz CT molecular complexity index is 2410. The average molecular weight is 678 g/mol. The lowest BCUT2D eigenvalue weighted by Gasteiger charge is -2.76. The van der Waals surface area contributed by atoms with Gasteiger partial charge in [-0.2, -0.15) is 0 Å². The van der Waals surface area contributed by atoms with Crippen LogP contribution in [0.1, 0.15) is 113 Å². The van der Waals surface area contributed by atoms with Gasteiger partial charge in [0.15, 0.2) is 0 Å². The number of benzene rings is 5. The number of rotatable bonds is 3.